The third kappa shape index (κ3) is 5.89. The fraction of sp³-hybridized carbons (Fsp3) is 0.250. The summed E-state index contributed by atoms with van der Waals surface area (Å²) in [4.78, 5) is 32.5. The van der Waals surface area contributed by atoms with Crippen molar-refractivity contribution in [1.82, 2.24) is 14.9 Å². The lowest BCUT2D eigenvalue weighted by atomic mass is 10.2. The number of para-hydroxylation sites is 3. The molecular weight excluding hydrogens is 460 g/mol. The number of benzene rings is 3. The molecule has 2 amide bonds. The van der Waals surface area contributed by atoms with Gasteiger partial charge in [-0.15, -0.1) is 0 Å². The first-order chi connectivity index (χ1) is 16.9. The summed E-state index contributed by atoms with van der Waals surface area (Å²) in [6, 6.07) is 24.5. The molecule has 4 rings (SSSR count). The van der Waals surface area contributed by atoms with Crippen LogP contribution in [-0.4, -0.2) is 34.0 Å². The van der Waals surface area contributed by atoms with Crippen molar-refractivity contribution in [1.29, 1.82) is 0 Å². The molecule has 0 atom stereocenters. The van der Waals surface area contributed by atoms with Gasteiger partial charge < -0.3 is 14.8 Å². The van der Waals surface area contributed by atoms with Gasteiger partial charge in [0.2, 0.25) is 5.91 Å². The Kier molecular flexibility index (Phi) is 7.83. The van der Waals surface area contributed by atoms with Crippen LogP contribution >= 0.6 is 11.6 Å². The van der Waals surface area contributed by atoms with E-state index in [2.05, 4.69) is 5.32 Å². The number of imidazole rings is 1. The summed E-state index contributed by atoms with van der Waals surface area (Å²) in [7, 11) is 0. The maximum absolute atomic E-state index is 13.5. The van der Waals surface area contributed by atoms with Crippen molar-refractivity contribution in [3.05, 3.63) is 95.3 Å². The molecule has 0 saturated heterocycles. The van der Waals surface area contributed by atoms with Crippen LogP contribution in [0.15, 0.2) is 78.9 Å². The average Bonchev–Trinajstić information content (AvgIpc) is 3.19. The van der Waals surface area contributed by atoms with Gasteiger partial charge in [0.15, 0.2) is 0 Å². The van der Waals surface area contributed by atoms with Crippen molar-refractivity contribution < 1.29 is 9.59 Å². The van der Waals surface area contributed by atoms with E-state index < -0.39 is 0 Å². The summed E-state index contributed by atoms with van der Waals surface area (Å²) in [6.07, 6.45) is 1.32. The summed E-state index contributed by atoms with van der Waals surface area (Å²) >= 11 is 5.99. The third-order valence-electron chi connectivity index (χ3n) is 5.80. The van der Waals surface area contributed by atoms with E-state index in [0.29, 0.717) is 30.0 Å². The van der Waals surface area contributed by atoms with Gasteiger partial charge in [0, 0.05) is 35.3 Å². The molecule has 1 N–H and O–H groups in total. The molecule has 0 unspecified atom stereocenters. The van der Waals surface area contributed by atoms with E-state index in [-0.39, 0.29) is 24.4 Å². The second-order valence-electron chi connectivity index (χ2n) is 8.67. The van der Waals surface area contributed by atoms with Crippen LogP contribution in [0.2, 0.25) is 5.02 Å². The van der Waals surface area contributed by atoms with Gasteiger partial charge in [-0.05, 0) is 62.7 Å². The number of anilines is 1. The van der Waals surface area contributed by atoms with E-state index in [4.69, 9.17) is 16.6 Å². The monoisotopic (exact) mass is 488 g/mol. The normalized spacial score (nSPS) is 11.1. The van der Waals surface area contributed by atoms with Gasteiger partial charge in [-0.3, -0.25) is 9.59 Å². The Morgan fingerprint density at radius 1 is 1.00 bits per heavy atom. The van der Waals surface area contributed by atoms with Crippen LogP contribution in [0.25, 0.3) is 11.0 Å². The zero-order valence-corrected chi connectivity index (χ0v) is 20.7. The van der Waals surface area contributed by atoms with Gasteiger partial charge in [0.05, 0.1) is 11.0 Å². The Balaban J connectivity index is 1.48. The highest BCUT2D eigenvalue weighted by Crippen LogP contribution is 2.21. The number of hydrogen-bond donors (Lipinski definition) is 1. The van der Waals surface area contributed by atoms with Gasteiger partial charge >= 0.3 is 0 Å². The van der Waals surface area contributed by atoms with E-state index in [9.17, 15) is 9.59 Å². The summed E-state index contributed by atoms with van der Waals surface area (Å²) in [6.45, 7) is 4.71. The van der Waals surface area contributed by atoms with Crippen molar-refractivity contribution in [2.24, 2.45) is 0 Å². The van der Waals surface area contributed by atoms with Crippen molar-refractivity contribution in [2.45, 2.75) is 39.3 Å². The van der Waals surface area contributed by atoms with Crippen LogP contribution in [0.5, 0.6) is 0 Å². The summed E-state index contributed by atoms with van der Waals surface area (Å²) < 4.78 is 1.99. The number of carbonyl (C=O) groups excluding carboxylic acids is 2. The smallest absolute Gasteiger partial charge is 0.251 e. The van der Waals surface area contributed by atoms with Crippen molar-refractivity contribution >= 4 is 40.1 Å². The number of aromatic nitrogens is 2. The molecule has 0 saturated carbocycles. The van der Waals surface area contributed by atoms with Gasteiger partial charge in [-0.25, -0.2) is 4.98 Å². The highest BCUT2D eigenvalue weighted by molar-refractivity contribution is 6.30. The molecule has 1 aromatic heterocycles. The van der Waals surface area contributed by atoms with E-state index in [1.54, 1.807) is 24.3 Å². The molecule has 0 aliphatic rings. The van der Waals surface area contributed by atoms with Gasteiger partial charge in [-0.2, -0.15) is 0 Å². The number of nitrogens with zero attached hydrogens (tertiary/aromatic N) is 3. The van der Waals surface area contributed by atoms with Crippen LogP contribution in [0.1, 0.15) is 36.5 Å². The Hall–Kier alpha value is -3.64. The lowest BCUT2D eigenvalue weighted by Gasteiger charge is -2.27. The minimum atomic E-state index is -0.161. The molecular formula is C28H29ClN4O2. The fourth-order valence-corrected chi connectivity index (χ4v) is 4.39. The molecule has 0 fully saturated rings. The Labute approximate surface area is 210 Å². The van der Waals surface area contributed by atoms with Gasteiger partial charge in [0.1, 0.15) is 12.4 Å². The number of nitrogens with one attached hydrogen (secondary N) is 1. The lowest BCUT2D eigenvalue weighted by Crippen LogP contribution is -2.39. The molecule has 180 valence electrons. The van der Waals surface area contributed by atoms with Gasteiger partial charge in [-0.1, -0.05) is 48.0 Å². The molecule has 0 bridgehead atoms. The van der Waals surface area contributed by atoms with Crippen LogP contribution in [0.3, 0.4) is 0 Å². The molecule has 4 aromatic rings. The number of aryl methyl sites for hydroxylation is 1. The molecule has 0 aliphatic heterocycles. The second-order valence-corrected chi connectivity index (χ2v) is 9.10. The predicted molar refractivity (Wildman–Crippen MR) is 141 cm³/mol. The molecule has 6 nitrogen and oxygen atoms in total. The first-order valence-electron chi connectivity index (χ1n) is 11.8. The first-order valence-corrected chi connectivity index (χ1v) is 12.2. The highest BCUT2D eigenvalue weighted by Gasteiger charge is 2.21. The minimum absolute atomic E-state index is 0.00450. The van der Waals surface area contributed by atoms with Gasteiger partial charge in [0.25, 0.3) is 5.91 Å². The summed E-state index contributed by atoms with van der Waals surface area (Å²) in [5, 5.41) is 3.46. The number of hydrogen-bond acceptors (Lipinski definition) is 3. The standard InChI is InChI=1S/C28H29ClN4O2/c1-20(2)33(23-12-4-3-5-13-23)27(34)19-32-25-15-7-6-14-24(25)31-26(32)16-9-17-30-28(35)21-10-8-11-22(29)18-21/h3-8,10-15,18,20H,9,16-17,19H2,1-2H3,(H,30,35). The number of amides is 2. The van der Waals surface area contributed by atoms with Crippen molar-refractivity contribution in [2.75, 3.05) is 11.4 Å². The van der Waals surface area contributed by atoms with Crippen LogP contribution < -0.4 is 10.2 Å². The largest absolute Gasteiger partial charge is 0.352 e. The average molecular weight is 489 g/mol. The predicted octanol–water partition coefficient (Wildman–Crippen LogP) is 5.49. The topological polar surface area (TPSA) is 67.2 Å². The van der Waals surface area contributed by atoms with Crippen LogP contribution in [-0.2, 0) is 17.8 Å². The minimum Gasteiger partial charge on any atom is -0.352 e. The first kappa shape index (κ1) is 24.5. The molecule has 0 spiro atoms. The quantitative estimate of drug-likeness (QED) is 0.316. The zero-order chi connectivity index (χ0) is 24.8. The molecule has 0 radical (unpaired) electrons. The van der Waals surface area contributed by atoms with Crippen LogP contribution in [0.4, 0.5) is 5.69 Å². The van der Waals surface area contributed by atoms with Crippen molar-refractivity contribution in [3.63, 3.8) is 0 Å². The Morgan fingerprint density at radius 3 is 2.49 bits per heavy atom. The van der Waals surface area contributed by atoms with E-state index in [1.807, 2.05) is 77.9 Å². The zero-order valence-electron chi connectivity index (χ0n) is 19.9. The number of carbonyl (C=O) groups is 2. The molecule has 1 heterocycles. The van der Waals surface area contributed by atoms with E-state index in [0.717, 1.165) is 22.5 Å². The SMILES string of the molecule is CC(C)N(C(=O)Cn1c(CCCNC(=O)c2cccc(Cl)c2)nc2ccccc21)c1ccccc1. The summed E-state index contributed by atoms with van der Waals surface area (Å²) in [5.41, 5.74) is 3.19. The maximum Gasteiger partial charge on any atom is 0.251 e. The Morgan fingerprint density at radius 2 is 1.74 bits per heavy atom. The molecule has 7 heteroatoms. The van der Waals surface area contributed by atoms with Crippen LogP contribution in [0, 0.1) is 0 Å². The van der Waals surface area contributed by atoms with Crippen molar-refractivity contribution in [3.8, 4) is 0 Å². The fourth-order valence-electron chi connectivity index (χ4n) is 4.20. The molecule has 0 aliphatic carbocycles. The molecule has 3 aromatic carbocycles. The number of fused-ring (bicyclic) bond motifs is 1. The highest BCUT2D eigenvalue weighted by atomic mass is 35.5. The lowest BCUT2D eigenvalue weighted by molar-refractivity contribution is -0.119. The number of rotatable bonds is 9. The summed E-state index contributed by atoms with van der Waals surface area (Å²) in [5.74, 6) is 0.671. The number of halogens is 1. The van der Waals surface area contributed by atoms with E-state index >= 15 is 0 Å². The Bertz CT molecular complexity index is 1320. The second kappa shape index (κ2) is 11.2. The molecule has 35 heavy (non-hydrogen) atoms. The van der Waals surface area contributed by atoms with E-state index in [1.165, 1.54) is 0 Å². The maximum atomic E-state index is 13.5. The third-order valence-corrected chi connectivity index (χ3v) is 6.03.